The third-order valence-corrected chi connectivity index (χ3v) is 4.60. The fourth-order valence-electron chi connectivity index (χ4n) is 3.12. The van der Waals surface area contributed by atoms with Crippen molar-refractivity contribution in [1.29, 1.82) is 5.26 Å². The van der Waals surface area contributed by atoms with Crippen LogP contribution in [0.3, 0.4) is 0 Å². The number of fused-ring (bicyclic) bond motifs is 1. The summed E-state index contributed by atoms with van der Waals surface area (Å²) in [5, 5.41) is 10.6. The van der Waals surface area contributed by atoms with Gasteiger partial charge >= 0.3 is 0 Å². The van der Waals surface area contributed by atoms with E-state index in [4.69, 9.17) is 26.8 Å². The molecule has 0 amide bonds. The number of aromatic nitrogens is 1. The van der Waals surface area contributed by atoms with E-state index in [1.165, 1.54) is 6.92 Å². The van der Waals surface area contributed by atoms with E-state index in [9.17, 15) is 10.1 Å². The SMILES string of the molecule is COc1ccc2cc([C@H]3C(C#N)=C(N)OC(C)=C3C(C)=O)c(Cl)nc2c1. The van der Waals surface area contributed by atoms with E-state index in [1.807, 2.05) is 12.1 Å². The molecule has 0 saturated heterocycles. The Morgan fingerprint density at radius 1 is 1.42 bits per heavy atom. The van der Waals surface area contributed by atoms with Gasteiger partial charge in [-0.2, -0.15) is 5.26 Å². The quantitative estimate of drug-likeness (QED) is 0.830. The van der Waals surface area contributed by atoms with Crippen molar-refractivity contribution in [2.45, 2.75) is 19.8 Å². The Kier molecular flexibility index (Phi) is 4.58. The Labute approximate surface area is 155 Å². The second-order valence-electron chi connectivity index (χ2n) is 5.88. The number of nitrogens with zero attached hydrogens (tertiary/aromatic N) is 2. The topological polar surface area (TPSA) is 98.2 Å². The summed E-state index contributed by atoms with van der Waals surface area (Å²) in [4.78, 5) is 16.6. The lowest BCUT2D eigenvalue weighted by Gasteiger charge is -2.27. The zero-order valence-corrected chi connectivity index (χ0v) is 15.2. The van der Waals surface area contributed by atoms with Crippen LogP contribution in [0, 0.1) is 11.3 Å². The van der Waals surface area contributed by atoms with Gasteiger partial charge in [0.2, 0.25) is 5.88 Å². The highest BCUT2D eigenvalue weighted by Crippen LogP contribution is 2.42. The molecule has 0 spiro atoms. The number of carbonyl (C=O) groups excluding carboxylic acids is 1. The highest BCUT2D eigenvalue weighted by atomic mass is 35.5. The minimum absolute atomic E-state index is 0.0362. The van der Waals surface area contributed by atoms with Crippen LogP contribution in [0.4, 0.5) is 0 Å². The number of nitriles is 1. The summed E-state index contributed by atoms with van der Waals surface area (Å²) in [6.07, 6.45) is 0. The third kappa shape index (κ3) is 2.87. The van der Waals surface area contributed by atoms with Crippen molar-refractivity contribution in [3.63, 3.8) is 0 Å². The van der Waals surface area contributed by atoms with Crippen LogP contribution in [0.1, 0.15) is 25.3 Å². The van der Waals surface area contributed by atoms with E-state index in [0.717, 1.165) is 5.39 Å². The van der Waals surface area contributed by atoms with Crippen LogP contribution >= 0.6 is 11.6 Å². The lowest BCUT2D eigenvalue weighted by Crippen LogP contribution is -2.23. The average molecular weight is 370 g/mol. The molecule has 7 heteroatoms. The molecule has 0 unspecified atom stereocenters. The summed E-state index contributed by atoms with van der Waals surface area (Å²) in [6.45, 7) is 3.05. The van der Waals surface area contributed by atoms with E-state index in [-0.39, 0.29) is 22.4 Å². The first-order valence-electron chi connectivity index (χ1n) is 7.80. The first-order valence-corrected chi connectivity index (χ1v) is 8.18. The maximum Gasteiger partial charge on any atom is 0.205 e. The first kappa shape index (κ1) is 17.8. The van der Waals surface area contributed by atoms with E-state index < -0.39 is 5.92 Å². The van der Waals surface area contributed by atoms with E-state index in [1.54, 1.807) is 32.2 Å². The molecule has 6 nitrogen and oxygen atoms in total. The van der Waals surface area contributed by atoms with Gasteiger partial charge in [0.1, 0.15) is 28.3 Å². The van der Waals surface area contributed by atoms with Crippen LogP contribution in [-0.2, 0) is 9.53 Å². The van der Waals surface area contributed by atoms with Gasteiger partial charge in [0.25, 0.3) is 0 Å². The van der Waals surface area contributed by atoms with Gasteiger partial charge < -0.3 is 15.2 Å². The van der Waals surface area contributed by atoms with Crippen molar-refractivity contribution in [1.82, 2.24) is 4.98 Å². The molecular formula is C19H16ClN3O3. The van der Waals surface area contributed by atoms with Gasteiger partial charge in [0, 0.05) is 22.6 Å². The van der Waals surface area contributed by atoms with Crippen LogP contribution in [0.25, 0.3) is 10.9 Å². The van der Waals surface area contributed by atoms with Crippen molar-refractivity contribution in [2.75, 3.05) is 7.11 Å². The minimum atomic E-state index is -0.724. The molecule has 132 valence electrons. The van der Waals surface area contributed by atoms with Crippen molar-refractivity contribution in [2.24, 2.45) is 5.73 Å². The second kappa shape index (κ2) is 6.70. The molecule has 1 aromatic heterocycles. The fourth-order valence-corrected chi connectivity index (χ4v) is 3.37. The molecule has 2 aromatic rings. The van der Waals surface area contributed by atoms with Crippen molar-refractivity contribution >= 4 is 28.3 Å². The fraction of sp³-hybridized carbons (Fsp3) is 0.211. The van der Waals surface area contributed by atoms with Crippen LogP contribution < -0.4 is 10.5 Å². The third-order valence-electron chi connectivity index (χ3n) is 4.30. The number of methoxy groups -OCH3 is 1. The first-order chi connectivity index (χ1) is 12.4. The number of hydrogen-bond donors (Lipinski definition) is 1. The summed E-state index contributed by atoms with van der Waals surface area (Å²) in [5.74, 6) is 0.0223. The number of Topliss-reactive ketones (excluding diaryl/α,β-unsaturated/α-hetero) is 1. The van der Waals surface area contributed by atoms with Crippen LogP contribution in [0.2, 0.25) is 5.15 Å². The van der Waals surface area contributed by atoms with Gasteiger partial charge in [0.05, 0.1) is 18.5 Å². The number of pyridine rings is 1. The maximum absolute atomic E-state index is 12.2. The maximum atomic E-state index is 12.2. The summed E-state index contributed by atoms with van der Waals surface area (Å²) in [5.41, 5.74) is 7.53. The number of halogens is 1. The highest BCUT2D eigenvalue weighted by molar-refractivity contribution is 6.30. The molecule has 0 fully saturated rings. The van der Waals surface area contributed by atoms with Gasteiger partial charge in [-0.05, 0) is 32.0 Å². The van der Waals surface area contributed by atoms with Gasteiger partial charge in [-0.1, -0.05) is 11.6 Å². The molecule has 3 rings (SSSR count). The lowest BCUT2D eigenvalue weighted by molar-refractivity contribution is -0.114. The number of benzene rings is 1. The van der Waals surface area contributed by atoms with Crippen LogP contribution in [-0.4, -0.2) is 17.9 Å². The summed E-state index contributed by atoms with van der Waals surface area (Å²) in [6, 6.07) is 9.24. The largest absolute Gasteiger partial charge is 0.497 e. The van der Waals surface area contributed by atoms with E-state index in [2.05, 4.69) is 4.98 Å². The molecule has 0 aliphatic carbocycles. The molecule has 1 aliphatic heterocycles. The predicted molar refractivity (Wildman–Crippen MR) is 97.3 cm³/mol. The number of ketones is 1. The molecule has 1 aliphatic rings. The standard InChI is InChI=1S/C19H16ClN3O3/c1-9(24)16-10(2)26-19(22)14(8-21)17(16)13-6-11-4-5-12(25-3)7-15(11)23-18(13)20/h4-7,17H,22H2,1-3H3/t17-/m0/s1. The van der Waals surface area contributed by atoms with Gasteiger partial charge in [-0.3, -0.25) is 4.79 Å². The normalized spacial score (nSPS) is 17.1. The molecule has 26 heavy (non-hydrogen) atoms. The summed E-state index contributed by atoms with van der Waals surface area (Å²) < 4.78 is 10.6. The van der Waals surface area contributed by atoms with E-state index >= 15 is 0 Å². The smallest absolute Gasteiger partial charge is 0.205 e. The number of carbonyl (C=O) groups is 1. The number of allylic oxidation sites excluding steroid dienone is 3. The Balaban J connectivity index is 2.27. The summed E-state index contributed by atoms with van der Waals surface area (Å²) >= 11 is 6.42. The number of rotatable bonds is 3. The van der Waals surface area contributed by atoms with Crippen molar-refractivity contribution in [3.8, 4) is 11.8 Å². The Hall–Kier alpha value is -3.04. The van der Waals surface area contributed by atoms with E-state index in [0.29, 0.717) is 28.2 Å². The minimum Gasteiger partial charge on any atom is -0.497 e. The Morgan fingerprint density at radius 2 is 2.15 bits per heavy atom. The zero-order valence-electron chi connectivity index (χ0n) is 14.5. The zero-order chi connectivity index (χ0) is 19.0. The number of ether oxygens (including phenoxy) is 2. The van der Waals surface area contributed by atoms with Gasteiger partial charge in [-0.15, -0.1) is 0 Å². The molecule has 0 radical (unpaired) electrons. The number of hydrogen-bond acceptors (Lipinski definition) is 6. The Morgan fingerprint density at radius 3 is 2.77 bits per heavy atom. The number of nitrogens with two attached hydrogens (primary N) is 1. The predicted octanol–water partition coefficient (Wildman–Crippen LogP) is 3.57. The Bertz CT molecular complexity index is 1030. The van der Waals surface area contributed by atoms with Crippen LogP contribution in [0.15, 0.2) is 47.1 Å². The molecule has 2 heterocycles. The molecule has 0 saturated carbocycles. The lowest BCUT2D eigenvalue weighted by atomic mass is 9.82. The highest BCUT2D eigenvalue weighted by Gasteiger charge is 2.35. The molecule has 0 bridgehead atoms. The molecule has 1 aromatic carbocycles. The molecule has 1 atom stereocenters. The molecular weight excluding hydrogens is 354 g/mol. The van der Waals surface area contributed by atoms with Crippen LogP contribution in [0.5, 0.6) is 5.75 Å². The average Bonchev–Trinajstić information content (AvgIpc) is 2.59. The second-order valence-corrected chi connectivity index (χ2v) is 6.24. The monoisotopic (exact) mass is 369 g/mol. The summed E-state index contributed by atoms with van der Waals surface area (Å²) in [7, 11) is 1.57. The molecule has 2 N–H and O–H groups in total. The van der Waals surface area contributed by atoms with Gasteiger partial charge in [0.15, 0.2) is 5.78 Å². The van der Waals surface area contributed by atoms with Gasteiger partial charge in [-0.25, -0.2) is 4.98 Å². The van der Waals surface area contributed by atoms with Crippen molar-refractivity contribution < 1.29 is 14.3 Å². The van der Waals surface area contributed by atoms with Crippen molar-refractivity contribution in [3.05, 3.63) is 57.8 Å².